The van der Waals surface area contributed by atoms with Crippen molar-refractivity contribution in [2.75, 3.05) is 0 Å². The van der Waals surface area contributed by atoms with E-state index in [1.165, 1.54) is 0 Å². The van der Waals surface area contributed by atoms with Crippen molar-refractivity contribution in [1.82, 2.24) is 0 Å². The van der Waals surface area contributed by atoms with Gasteiger partial charge in [0.25, 0.3) is 0 Å². The second-order valence-electron chi connectivity index (χ2n) is 2.38. The maximum atomic E-state index is 8.18. The van der Waals surface area contributed by atoms with Gasteiger partial charge in [-0.2, -0.15) is 5.26 Å². The minimum Gasteiger partial charge on any atom is -0.198 e. The molecular weight excluding hydrogens is 213 g/mol. The summed E-state index contributed by atoms with van der Waals surface area (Å²) in [7, 11) is 0. The average Bonchev–Trinajstić information content (AvgIpc) is 1.59. The Labute approximate surface area is 64.2 Å². The predicted molar refractivity (Wildman–Crippen MR) is 42.9 cm³/mol. The number of hydrogen-bond acceptors (Lipinski definition) is 1. The molecule has 0 bridgehead atoms. The molecule has 0 radical (unpaired) electrons. The highest BCUT2D eigenvalue weighted by molar-refractivity contribution is 14.1. The van der Waals surface area contributed by atoms with Crippen molar-refractivity contribution in [2.45, 2.75) is 30.1 Å². The molecule has 0 aromatic carbocycles. The molecule has 0 aliphatic rings. The van der Waals surface area contributed by atoms with Crippen molar-refractivity contribution in [3.63, 3.8) is 0 Å². The van der Waals surface area contributed by atoms with E-state index in [-0.39, 0.29) is 0 Å². The van der Waals surface area contributed by atoms with Crippen LogP contribution in [-0.2, 0) is 0 Å². The van der Waals surface area contributed by atoms with E-state index in [1.807, 2.05) is 0 Å². The molecule has 0 N–H and O–H groups in total. The summed E-state index contributed by atoms with van der Waals surface area (Å²) in [6, 6.07) is 2.12. The van der Waals surface area contributed by atoms with E-state index in [4.69, 9.17) is 5.26 Å². The second kappa shape index (κ2) is 3.29. The van der Waals surface area contributed by atoms with E-state index in [2.05, 4.69) is 42.5 Å². The largest absolute Gasteiger partial charge is 0.198 e. The van der Waals surface area contributed by atoms with Gasteiger partial charge in [-0.1, -0.05) is 36.4 Å². The zero-order valence-corrected chi connectivity index (χ0v) is 7.40. The van der Waals surface area contributed by atoms with Crippen molar-refractivity contribution < 1.29 is 0 Å². The molecule has 0 spiro atoms. The SMILES string of the molecule is CC(C)(I)CCC#N. The molecule has 0 unspecified atom stereocenters. The van der Waals surface area contributed by atoms with E-state index in [0.29, 0.717) is 9.84 Å². The molecule has 0 amide bonds. The highest BCUT2D eigenvalue weighted by Gasteiger charge is 2.10. The van der Waals surface area contributed by atoms with Gasteiger partial charge in [0, 0.05) is 9.84 Å². The van der Waals surface area contributed by atoms with E-state index < -0.39 is 0 Å². The molecule has 0 heterocycles. The molecule has 0 aliphatic carbocycles. The monoisotopic (exact) mass is 223 g/mol. The molecule has 0 fully saturated rings. The van der Waals surface area contributed by atoms with Crippen LogP contribution in [0.15, 0.2) is 0 Å². The zero-order chi connectivity index (χ0) is 6.62. The Kier molecular flexibility index (Phi) is 3.38. The Hall–Kier alpha value is 0.220. The molecular formula is C6H10IN. The van der Waals surface area contributed by atoms with Crippen LogP contribution in [0.2, 0.25) is 0 Å². The highest BCUT2D eigenvalue weighted by Crippen LogP contribution is 2.22. The lowest BCUT2D eigenvalue weighted by Gasteiger charge is -2.11. The topological polar surface area (TPSA) is 23.8 Å². The Morgan fingerprint density at radius 1 is 1.62 bits per heavy atom. The Balaban J connectivity index is 3.28. The smallest absolute Gasteiger partial charge is 0.0622 e. The Morgan fingerprint density at radius 2 is 2.12 bits per heavy atom. The van der Waals surface area contributed by atoms with Crippen LogP contribution in [0, 0.1) is 11.3 Å². The summed E-state index contributed by atoms with van der Waals surface area (Å²) in [6.45, 7) is 4.26. The van der Waals surface area contributed by atoms with E-state index >= 15 is 0 Å². The van der Waals surface area contributed by atoms with Gasteiger partial charge in [-0.15, -0.1) is 0 Å². The van der Waals surface area contributed by atoms with Crippen LogP contribution in [0.3, 0.4) is 0 Å². The van der Waals surface area contributed by atoms with Crippen molar-refractivity contribution >= 4 is 22.6 Å². The van der Waals surface area contributed by atoms with Crippen LogP contribution in [0.1, 0.15) is 26.7 Å². The van der Waals surface area contributed by atoms with Gasteiger partial charge in [0.2, 0.25) is 0 Å². The number of halogens is 1. The fourth-order valence-electron chi connectivity index (χ4n) is 0.353. The third-order valence-electron chi connectivity index (χ3n) is 0.831. The molecule has 1 nitrogen and oxygen atoms in total. The Morgan fingerprint density at radius 3 is 2.25 bits per heavy atom. The number of alkyl halides is 1. The number of nitriles is 1. The quantitative estimate of drug-likeness (QED) is 0.521. The zero-order valence-electron chi connectivity index (χ0n) is 5.24. The van der Waals surface area contributed by atoms with Crippen molar-refractivity contribution in [1.29, 1.82) is 5.26 Å². The minimum absolute atomic E-state index is 0.299. The van der Waals surface area contributed by atoms with E-state index in [9.17, 15) is 0 Å². The lowest BCUT2D eigenvalue weighted by Crippen LogP contribution is -2.07. The molecule has 0 saturated heterocycles. The predicted octanol–water partition coefficient (Wildman–Crippen LogP) is 2.50. The van der Waals surface area contributed by atoms with Crippen LogP contribution in [0.4, 0.5) is 0 Å². The summed E-state index contributed by atoms with van der Waals surface area (Å²) < 4.78 is 0.299. The molecule has 0 rings (SSSR count). The first-order valence-electron chi connectivity index (χ1n) is 2.62. The maximum Gasteiger partial charge on any atom is 0.0622 e. The summed E-state index contributed by atoms with van der Waals surface area (Å²) in [5.74, 6) is 0. The fourth-order valence-corrected chi connectivity index (χ4v) is 0.623. The van der Waals surface area contributed by atoms with Gasteiger partial charge >= 0.3 is 0 Å². The molecule has 0 aliphatic heterocycles. The fraction of sp³-hybridized carbons (Fsp3) is 0.833. The van der Waals surface area contributed by atoms with Crippen LogP contribution in [-0.4, -0.2) is 3.42 Å². The van der Waals surface area contributed by atoms with Gasteiger partial charge in [0.1, 0.15) is 0 Å². The molecule has 0 aromatic rings. The average molecular weight is 223 g/mol. The number of rotatable bonds is 2. The first kappa shape index (κ1) is 8.22. The lowest BCUT2D eigenvalue weighted by molar-refractivity contribution is 0.683. The van der Waals surface area contributed by atoms with Crippen LogP contribution in [0.5, 0.6) is 0 Å². The Bertz CT molecular complexity index is 96.1. The van der Waals surface area contributed by atoms with Gasteiger partial charge < -0.3 is 0 Å². The van der Waals surface area contributed by atoms with Crippen molar-refractivity contribution in [2.24, 2.45) is 0 Å². The van der Waals surface area contributed by atoms with Crippen molar-refractivity contribution in [3.05, 3.63) is 0 Å². The third-order valence-corrected chi connectivity index (χ3v) is 1.37. The number of nitrogens with zero attached hydrogens (tertiary/aromatic N) is 1. The molecule has 0 atom stereocenters. The standard InChI is InChI=1S/C6H10IN/c1-6(2,7)4-3-5-8/h3-4H2,1-2H3. The van der Waals surface area contributed by atoms with Gasteiger partial charge in [-0.25, -0.2) is 0 Å². The van der Waals surface area contributed by atoms with Crippen LogP contribution >= 0.6 is 22.6 Å². The number of hydrogen-bond donors (Lipinski definition) is 0. The summed E-state index contributed by atoms with van der Waals surface area (Å²) in [5.41, 5.74) is 0. The molecule has 46 valence electrons. The first-order chi connectivity index (χ1) is 3.56. The second-order valence-corrected chi connectivity index (χ2v) is 5.30. The summed E-state index contributed by atoms with van der Waals surface area (Å²) in [6.07, 6.45) is 1.67. The van der Waals surface area contributed by atoms with Crippen LogP contribution < -0.4 is 0 Å². The molecule has 2 heteroatoms. The minimum atomic E-state index is 0.299. The first-order valence-corrected chi connectivity index (χ1v) is 3.70. The van der Waals surface area contributed by atoms with E-state index in [1.54, 1.807) is 0 Å². The molecule has 0 saturated carbocycles. The summed E-state index contributed by atoms with van der Waals surface area (Å²) in [4.78, 5) is 0. The molecule has 0 aromatic heterocycles. The van der Waals surface area contributed by atoms with Gasteiger partial charge in [0.15, 0.2) is 0 Å². The van der Waals surface area contributed by atoms with Gasteiger partial charge in [-0.3, -0.25) is 0 Å². The maximum absolute atomic E-state index is 8.18. The van der Waals surface area contributed by atoms with Gasteiger partial charge in [-0.05, 0) is 6.42 Å². The van der Waals surface area contributed by atoms with Gasteiger partial charge in [0.05, 0.1) is 6.07 Å². The van der Waals surface area contributed by atoms with E-state index in [0.717, 1.165) is 6.42 Å². The summed E-state index contributed by atoms with van der Waals surface area (Å²) in [5, 5.41) is 8.18. The normalized spacial score (nSPS) is 10.8. The summed E-state index contributed by atoms with van der Waals surface area (Å²) >= 11 is 2.35. The van der Waals surface area contributed by atoms with Crippen LogP contribution in [0.25, 0.3) is 0 Å². The lowest BCUT2D eigenvalue weighted by atomic mass is 10.1. The highest BCUT2D eigenvalue weighted by atomic mass is 127. The third kappa shape index (κ3) is 6.22. The van der Waals surface area contributed by atoms with Crippen molar-refractivity contribution in [3.8, 4) is 6.07 Å². The molecule has 8 heavy (non-hydrogen) atoms.